The molecule has 0 saturated heterocycles. The molecule has 0 saturated carbocycles. The van der Waals surface area contributed by atoms with Crippen molar-refractivity contribution in [3.8, 4) is 0 Å². The fourth-order valence-corrected chi connectivity index (χ4v) is 0.991. The van der Waals surface area contributed by atoms with Gasteiger partial charge in [0.25, 0.3) is 0 Å². The SMILES string of the molecule is C=CC(C)c1cc(F)ccc1F. The molecular weight excluding hydrogens is 158 g/mol. The van der Waals surface area contributed by atoms with Crippen LogP contribution in [-0.2, 0) is 0 Å². The summed E-state index contributed by atoms with van der Waals surface area (Å²) >= 11 is 0. The molecule has 0 heterocycles. The second-order valence-electron chi connectivity index (χ2n) is 2.69. The second-order valence-corrected chi connectivity index (χ2v) is 2.69. The maximum atomic E-state index is 13.0. The predicted molar refractivity (Wildman–Crippen MR) is 45.0 cm³/mol. The molecule has 0 aliphatic rings. The lowest BCUT2D eigenvalue weighted by atomic mass is 10.0. The van der Waals surface area contributed by atoms with Crippen LogP contribution in [0.5, 0.6) is 0 Å². The van der Waals surface area contributed by atoms with Crippen LogP contribution in [0.3, 0.4) is 0 Å². The summed E-state index contributed by atoms with van der Waals surface area (Å²) < 4.78 is 25.6. The highest BCUT2D eigenvalue weighted by Crippen LogP contribution is 2.20. The molecule has 0 aliphatic carbocycles. The largest absolute Gasteiger partial charge is 0.207 e. The maximum Gasteiger partial charge on any atom is 0.127 e. The minimum Gasteiger partial charge on any atom is -0.207 e. The number of hydrogen-bond acceptors (Lipinski definition) is 0. The zero-order valence-corrected chi connectivity index (χ0v) is 6.85. The van der Waals surface area contributed by atoms with Crippen molar-refractivity contribution in [3.05, 3.63) is 48.1 Å². The van der Waals surface area contributed by atoms with Gasteiger partial charge in [-0.2, -0.15) is 0 Å². The van der Waals surface area contributed by atoms with Gasteiger partial charge in [-0.25, -0.2) is 8.78 Å². The average Bonchev–Trinajstić information content (AvgIpc) is 2.08. The molecule has 0 amide bonds. The Hall–Kier alpha value is -1.18. The van der Waals surface area contributed by atoms with Gasteiger partial charge in [0, 0.05) is 5.92 Å². The van der Waals surface area contributed by atoms with Crippen LogP contribution in [0.2, 0.25) is 0 Å². The van der Waals surface area contributed by atoms with Crippen LogP contribution in [0.1, 0.15) is 18.4 Å². The Morgan fingerprint density at radius 3 is 2.67 bits per heavy atom. The maximum absolute atomic E-state index is 13.0. The van der Waals surface area contributed by atoms with Crippen LogP contribution in [0.4, 0.5) is 8.78 Å². The van der Waals surface area contributed by atoms with Gasteiger partial charge in [0.05, 0.1) is 0 Å². The molecule has 0 radical (unpaired) electrons. The van der Waals surface area contributed by atoms with E-state index >= 15 is 0 Å². The molecule has 0 spiro atoms. The van der Waals surface area contributed by atoms with Gasteiger partial charge in [0.1, 0.15) is 11.6 Å². The zero-order chi connectivity index (χ0) is 9.14. The number of rotatable bonds is 2. The first kappa shape index (κ1) is 8.91. The lowest BCUT2D eigenvalue weighted by Crippen LogP contribution is -1.94. The molecule has 64 valence electrons. The topological polar surface area (TPSA) is 0 Å². The molecule has 0 bridgehead atoms. The van der Waals surface area contributed by atoms with Gasteiger partial charge in [-0.05, 0) is 23.8 Å². The van der Waals surface area contributed by atoms with Crippen molar-refractivity contribution in [2.45, 2.75) is 12.8 Å². The van der Waals surface area contributed by atoms with Crippen LogP contribution in [-0.4, -0.2) is 0 Å². The first-order chi connectivity index (χ1) is 5.65. The normalized spacial score (nSPS) is 12.6. The lowest BCUT2D eigenvalue weighted by molar-refractivity contribution is 0.581. The molecule has 12 heavy (non-hydrogen) atoms. The minimum atomic E-state index is -0.417. The Bertz CT molecular complexity index is 292. The molecule has 0 fully saturated rings. The zero-order valence-electron chi connectivity index (χ0n) is 6.85. The summed E-state index contributed by atoms with van der Waals surface area (Å²) in [6.45, 7) is 5.29. The van der Waals surface area contributed by atoms with Crippen LogP contribution in [0, 0.1) is 11.6 Å². The highest BCUT2D eigenvalue weighted by atomic mass is 19.1. The van der Waals surface area contributed by atoms with E-state index in [0.29, 0.717) is 5.56 Å². The van der Waals surface area contributed by atoms with Crippen molar-refractivity contribution < 1.29 is 8.78 Å². The van der Waals surface area contributed by atoms with Crippen molar-refractivity contribution >= 4 is 0 Å². The summed E-state index contributed by atoms with van der Waals surface area (Å²) in [5.41, 5.74) is 0.352. The molecule has 2 heteroatoms. The Labute approximate surface area is 70.5 Å². The number of halogens is 2. The molecule has 0 nitrogen and oxygen atoms in total. The van der Waals surface area contributed by atoms with E-state index in [-0.39, 0.29) is 11.7 Å². The third kappa shape index (κ3) is 1.70. The molecular formula is C10H10F2. The Morgan fingerprint density at radius 1 is 1.42 bits per heavy atom. The molecule has 0 aliphatic heterocycles. The van der Waals surface area contributed by atoms with Gasteiger partial charge in [0.15, 0.2) is 0 Å². The number of allylic oxidation sites excluding steroid dienone is 1. The van der Waals surface area contributed by atoms with Crippen LogP contribution >= 0.6 is 0 Å². The Kier molecular flexibility index (Phi) is 2.58. The highest BCUT2D eigenvalue weighted by Gasteiger charge is 2.07. The smallest absolute Gasteiger partial charge is 0.127 e. The predicted octanol–water partition coefficient (Wildman–Crippen LogP) is 3.25. The fourth-order valence-electron chi connectivity index (χ4n) is 0.991. The number of benzene rings is 1. The van der Waals surface area contributed by atoms with E-state index in [2.05, 4.69) is 6.58 Å². The summed E-state index contributed by atoms with van der Waals surface area (Å²) in [6, 6.07) is 3.43. The monoisotopic (exact) mass is 168 g/mol. The van der Waals surface area contributed by atoms with E-state index < -0.39 is 5.82 Å². The fraction of sp³-hybridized carbons (Fsp3) is 0.200. The van der Waals surface area contributed by atoms with Crippen molar-refractivity contribution in [1.29, 1.82) is 0 Å². The third-order valence-corrected chi connectivity index (χ3v) is 1.80. The van der Waals surface area contributed by atoms with Gasteiger partial charge in [0.2, 0.25) is 0 Å². The van der Waals surface area contributed by atoms with Crippen LogP contribution < -0.4 is 0 Å². The molecule has 0 aromatic heterocycles. The van der Waals surface area contributed by atoms with Crippen molar-refractivity contribution in [2.75, 3.05) is 0 Å². The highest BCUT2D eigenvalue weighted by molar-refractivity contribution is 5.24. The van der Waals surface area contributed by atoms with Gasteiger partial charge < -0.3 is 0 Å². The van der Waals surface area contributed by atoms with E-state index in [1.54, 1.807) is 13.0 Å². The van der Waals surface area contributed by atoms with Crippen molar-refractivity contribution in [1.82, 2.24) is 0 Å². The molecule has 1 aromatic carbocycles. The quantitative estimate of drug-likeness (QED) is 0.594. The molecule has 1 unspecified atom stereocenters. The minimum absolute atomic E-state index is 0.152. The van der Waals surface area contributed by atoms with Gasteiger partial charge in [-0.1, -0.05) is 13.0 Å². The standard InChI is InChI=1S/C10H10F2/c1-3-7(2)9-6-8(11)4-5-10(9)12/h3-7H,1H2,2H3. The van der Waals surface area contributed by atoms with Crippen molar-refractivity contribution in [3.63, 3.8) is 0 Å². The molecule has 0 N–H and O–H groups in total. The van der Waals surface area contributed by atoms with Gasteiger partial charge in [-0.3, -0.25) is 0 Å². The van der Waals surface area contributed by atoms with Gasteiger partial charge in [-0.15, -0.1) is 6.58 Å². The summed E-state index contributed by atoms with van der Waals surface area (Å²) in [5, 5.41) is 0. The van der Waals surface area contributed by atoms with E-state index in [1.165, 1.54) is 6.07 Å². The Morgan fingerprint density at radius 2 is 2.08 bits per heavy atom. The Balaban J connectivity index is 3.12. The van der Waals surface area contributed by atoms with Gasteiger partial charge >= 0.3 is 0 Å². The first-order valence-corrected chi connectivity index (χ1v) is 3.72. The van der Waals surface area contributed by atoms with Crippen molar-refractivity contribution in [2.24, 2.45) is 0 Å². The van der Waals surface area contributed by atoms with Crippen LogP contribution in [0.15, 0.2) is 30.9 Å². The summed E-state index contributed by atoms with van der Waals surface area (Å²) in [4.78, 5) is 0. The first-order valence-electron chi connectivity index (χ1n) is 3.72. The average molecular weight is 168 g/mol. The molecule has 1 aromatic rings. The number of hydrogen-bond donors (Lipinski definition) is 0. The molecule has 1 rings (SSSR count). The molecule has 1 atom stereocenters. The van der Waals surface area contributed by atoms with E-state index in [4.69, 9.17) is 0 Å². The van der Waals surface area contributed by atoms with E-state index in [1.807, 2.05) is 0 Å². The summed E-state index contributed by atoms with van der Waals surface area (Å²) in [7, 11) is 0. The summed E-state index contributed by atoms with van der Waals surface area (Å²) in [6.07, 6.45) is 1.58. The van der Waals surface area contributed by atoms with E-state index in [0.717, 1.165) is 12.1 Å². The summed E-state index contributed by atoms with van der Waals surface area (Å²) in [5.74, 6) is -0.954. The third-order valence-electron chi connectivity index (χ3n) is 1.80. The second kappa shape index (κ2) is 3.48. The van der Waals surface area contributed by atoms with E-state index in [9.17, 15) is 8.78 Å². The van der Waals surface area contributed by atoms with Crippen LogP contribution in [0.25, 0.3) is 0 Å². The lowest BCUT2D eigenvalue weighted by Gasteiger charge is -2.06.